The Hall–Kier alpha value is -2.46. The Morgan fingerprint density at radius 2 is 1.79 bits per heavy atom. The normalized spacial score (nSPS) is 11.0. The molecule has 1 amide bonds. The van der Waals surface area contributed by atoms with Gasteiger partial charge in [-0.3, -0.25) is 4.79 Å². The highest BCUT2D eigenvalue weighted by molar-refractivity contribution is 8.00. The van der Waals surface area contributed by atoms with Crippen LogP contribution in [0.4, 0.5) is 0 Å². The number of nitrogens with two attached hydrogens (primary N) is 1. The van der Waals surface area contributed by atoms with Gasteiger partial charge in [0, 0.05) is 24.4 Å². The van der Waals surface area contributed by atoms with Crippen LogP contribution < -0.4 is 5.84 Å². The van der Waals surface area contributed by atoms with Gasteiger partial charge in [0.05, 0.1) is 11.4 Å². The maximum absolute atomic E-state index is 12.1. The van der Waals surface area contributed by atoms with Crippen LogP contribution in [-0.4, -0.2) is 49.5 Å². The van der Waals surface area contributed by atoms with Crippen molar-refractivity contribution < 1.29 is 9.21 Å². The standard InChI is InChI=1S/C19H24N6O2S2/c1-4-24(5-2)16(26)12-29-19-23-22-18(25(19)20)28-11-15-13(3)27-17(21-15)14-9-7-6-8-10-14/h6-10H,4-5,11-12,20H2,1-3H3. The average molecular weight is 433 g/mol. The Labute approximate surface area is 178 Å². The van der Waals surface area contributed by atoms with Gasteiger partial charge in [0.15, 0.2) is 0 Å². The molecule has 2 N–H and O–H groups in total. The van der Waals surface area contributed by atoms with Gasteiger partial charge >= 0.3 is 0 Å². The molecular formula is C19H24N6O2S2. The molecule has 0 spiro atoms. The first kappa shape index (κ1) is 21.3. The van der Waals surface area contributed by atoms with Gasteiger partial charge in [-0.15, -0.1) is 10.2 Å². The quantitative estimate of drug-likeness (QED) is 0.406. The summed E-state index contributed by atoms with van der Waals surface area (Å²) in [5, 5.41) is 9.31. The molecule has 2 heterocycles. The highest BCUT2D eigenvalue weighted by Crippen LogP contribution is 2.27. The van der Waals surface area contributed by atoms with Crippen LogP contribution in [-0.2, 0) is 10.5 Å². The number of benzene rings is 1. The van der Waals surface area contributed by atoms with E-state index in [-0.39, 0.29) is 11.7 Å². The van der Waals surface area contributed by atoms with Crippen LogP contribution in [0.5, 0.6) is 0 Å². The first-order chi connectivity index (χ1) is 14.0. The molecule has 1 aromatic carbocycles. The second kappa shape index (κ2) is 9.84. The fraction of sp³-hybridized carbons (Fsp3) is 0.368. The number of hydrogen-bond donors (Lipinski definition) is 1. The van der Waals surface area contributed by atoms with Gasteiger partial charge in [-0.05, 0) is 32.9 Å². The largest absolute Gasteiger partial charge is 0.441 e. The summed E-state index contributed by atoms with van der Waals surface area (Å²) in [6.07, 6.45) is 0. The van der Waals surface area contributed by atoms with E-state index >= 15 is 0 Å². The average Bonchev–Trinajstić information content (AvgIpc) is 3.28. The number of carbonyl (C=O) groups is 1. The Bertz CT molecular complexity index is 953. The van der Waals surface area contributed by atoms with Gasteiger partial charge in [0.1, 0.15) is 5.76 Å². The molecule has 0 saturated carbocycles. The minimum atomic E-state index is 0.0591. The van der Waals surface area contributed by atoms with Crippen LogP contribution in [0.25, 0.3) is 11.5 Å². The lowest BCUT2D eigenvalue weighted by atomic mass is 10.2. The summed E-state index contributed by atoms with van der Waals surface area (Å²) in [5.41, 5.74) is 1.77. The third-order valence-electron chi connectivity index (χ3n) is 4.33. The molecule has 3 aromatic rings. The van der Waals surface area contributed by atoms with Crippen molar-refractivity contribution in [1.82, 2.24) is 24.8 Å². The molecule has 8 nitrogen and oxygen atoms in total. The molecule has 0 fully saturated rings. The molecule has 0 atom stereocenters. The van der Waals surface area contributed by atoms with E-state index in [0.29, 0.717) is 35.0 Å². The van der Waals surface area contributed by atoms with Gasteiger partial charge in [-0.2, -0.15) is 0 Å². The van der Waals surface area contributed by atoms with Crippen LogP contribution in [0, 0.1) is 6.92 Å². The molecule has 0 aliphatic rings. The Balaban J connectivity index is 1.61. The van der Waals surface area contributed by atoms with E-state index in [1.807, 2.05) is 51.1 Å². The van der Waals surface area contributed by atoms with Crippen molar-refractivity contribution in [3.05, 3.63) is 41.8 Å². The zero-order valence-corrected chi connectivity index (χ0v) is 18.3. The molecule has 29 heavy (non-hydrogen) atoms. The van der Waals surface area contributed by atoms with E-state index in [4.69, 9.17) is 10.3 Å². The zero-order chi connectivity index (χ0) is 20.8. The maximum atomic E-state index is 12.1. The zero-order valence-electron chi connectivity index (χ0n) is 16.7. The Morgan fingerprint density at radius 3 is 2.45 bits per heavy atom. The number of aromatic nitrogens is 4. The highest BCUT2D eigenvalue weighted by atomic mass is 32.2. The highest BCUT2D eigenvalue weighted by Gasteiger charge is 2.17. The minimum absolute atomic E-state index is 0.0591. The summed E-state index contributed by atoms with van der Waals surface area (Å²) in [7, 11) is 0. The summed E-state index contributed by atoms with van der Waals surface area (Å²) < 4.78 is 7.20. The van der Waals surface area contributed by atoms with E-state index in [9.17, 15) is 4.79 Å². The first-order valence-electron chi connectivity index (χ1n) is 9.29. The number of hydrogen-bond acceptors (Lipinski definition) is 8. The van der Waals surface area contributed by atoms with E-state index in [1.165, 1.54) is 28.2 Å². The lowest BCUT2D eigenvalue weighted by molar-refractivity contribution is -0.127. The molecule has 0 saturated heterocycles. The Morgan fingerprint density at radius 1 is 1.14 bits per heavy atom. The van der Waals surface area contributed by atoms with Crippen LogP contribution >= 0.6 is 23.5 Å². The van der Waals surface area contributed by atoms with Crippen molar-refractivity contribution in [2.45, 2.75) is 36.8 Å². The van der Waals surface area contributed by atoms with Crippen LogP contribution in [0.1, 0.15) is 25.3 Å². The predicted molar refractivity (Wildman–Crippen MR) is 115 cm³/mol. The lowest BCUT2D eigenvalue weighted by Gasteiger charge is -2.17. The summed E-state index contributed by atoms with van der Waals surface area (Å²) >= 11 is 2.71. The molecule has 0 aliphatic heterocycles. The summed E-state index contributed by atoms with van der Waals surface area (Å²) in [5.74, 6) is 8.37. The van der Waals surface area contributed by atoms with Gasteiger partial charge in [0.2, 0.25) is 22.1 Å². The van der Waals surface area contributed by atoms with Crippen molar-refractivity contribution in [2.24, 2.45) is 0 Å². The number of thioether (sulfide) groups is 2. The van der Waals surface area contributed by atoms with E-state index in [0.717, 1.165) is 17.0 Å². The van der Waals surface area contributed by atoms with Gasteiger partial charge in [-0.1, -0.05) is 41.7 Å². The molecule has 0 radical (unpaired) electrons. The summed E-state index contributed by atoms with van der Waals surface area (Å²) in [6, 6.07) is 9.77. The third-order valence-corrected chi connectivity index (χ3v) is 6.21. The third kappa shape index (κ3) is 5.13. The van der Waals surface area contributed by atoms with Gasteiger partial charge in [0.25, 0.3) is 0 Å². The molecule has 10 heteroatoms. The van der Waals surface area contributed by atoms with Crippen molar-refractivity contribution in [1.29, 1.82) is 0 Å². The first-order valence-corrected chi connectivity index (χ1v) is 11.3. The number of nitrogen functional groups attached to an aromatic ring is 1. The minimum Gasteiger partial charge on any atom is -0.441 e. The summed E-state index contributed by atoms with van der Waals surface area (Å²) in [6.45, 7) is 7.19. The van der Waals surface area contributed by atoms with Gasteiger partial charge < -0.3 is 15.2 Å². The molecule has 0 unspecified atom stereocenters. The fourth-order valence-electron chi connectivity index (χ4n) is 2.65. The lowest BCUT2D eigenvalue weighted by Crippen LogP contribution is -2.32. The molecule has 154 valence electrons. The number of carbonyl (C=O) groups excluding carboxylic acids is 1. The maximum Gasteiger partial charge on any atom is 0.233 e. The van der Waals surface area contributed by atoms with Crippen molar-refractivity contribution >= 4 is 29.4 Å². The smallest absolute Gasteiger partial charge is 0.233 e. The van der Waals surface area contributed by atoms with Crippen LogP contribution in [0.2, 0.25) is 0 Å². The Kier molecular flexibility index (Phi) is 7.21. The van der Waals surface area contributed by atoms with Crippen molar-refractivity contribution in [3.8, 4) is 11.5 Å². The van der Waals surface area contributed by atoms with Crippen LogP contribution in [0.3, 0.4) is 0 Å². The number of oxazole rings is 1. The van der Waals surface area contributed by atoms with E-state index in [2.05, 4.69) is 15.2 Å². The number of aryl methyl sites for hydroxylation is 1. The monoisotopic (exact) mass is 432 g/mol. The fourth-order valence-corrected chi connectivity index (χ4v) is 4.33. The number of amides is 1. The molecule has 0 bridgehead atoms. The number of nitrogens with zero attached hydrogens (tertiary/aromatic N) is 5. The molecule has 2 aromatic heterocycles. The second-order valence-corrected chi connectivity index (χ2v) is 8.05. The molecule has 3 rings (SSSR count). The molecular weight excluding hydrogens is 408 g/mol. The van der Waals surface area contributed by atoms with E-state index in [1.54, 1.807) is 4.90 Å². The van der Waals surface area contributed by atoms with Crippen LogP contribution in [0.15, 0.2) is 45.1 Å². The van der Waals surface area contributed by atoms with Crippen molar-refractivity contribution in [2.75, 3.05) is 24.7 Å². The van der Waals surface area contributed by atoms with Gasteiger partial charge in [-0.25, -0.2) is 9.66 Å². The predicted octanol–water partition coefficient (Wildman–Crippen LogP) is 3.21. The molecule has 0 aliphatic carbocycles. The van der Waals surface area contributed by atoms with E-state index < -0.39 is 0 Å². The summed E-state index contributed by atoms with van der Waals surface area (Å²) in [4.78, 5) is 18.5. The van der Waals surface area contributed by atoms with Crippen molar-refractivity contribution in [3.63, 3.8) is 0 Å². The topological polar surface area (TPSA) is 103 Å². The SMILES string of the molecule is CCN(CC)C(=O)CSc1nnc(SCc2nc(-c3ccccc3)oc2C)n1N. The number of rotatable bonds is 9. The second-order valence-electron chi connectivity index (χ2n) is 6.17.